The van der Waals surface area contributed by atoms with E-state index >= 15 is 0 Å². The summed E-state index contributed by atoms with van der Waals surface area (Å²) in [6.07, 6.45) is 1.28. The number of amides is 1. The molecule has 0 spiro atoms. The topological polar surface area (TPSA) is 120 Å². The van der Waals surface area contributed by atoms with E-state index in [4.69, 9.17) is 21.1 Å². The molecule has 0 bridgehead atoms. The van der Waals surface area contributed by atoms with Gasteiger partial charge in [-0.3, -0.25) is 14.9 Å². The summed E-state index contributed by atoms with van der Waals surface area (Å²) in [5.74, 6) is -1.15. The van der Waals surface area contributed by atoms with Gasteiger partial charge in [0.15, 0.2) is 12.4 Å². The first-order chi connectivity index (χ1) is 15.8. The Balaban J connectivity index is 1.64. The molecular weight excluding hydrogens is 518 g/mol. The lowest BCUT2D eigenvalue weighted by molar-refractivity contribution is -0.385. The molecule has 0 saturated carbocycles. The van der Waals surface area contributed by atoms with Crippen LogP contribution in [0.25, 0.3) is 0 Å². The Morgan fingerprint density at radius 1 is 1.09 bits per heavy atom. The zero-order valence-corrected chi connectivity index (χ0v) is 19.1. The van der Waals surface area contributed by atoms with E-state index < -0.39 is 23.4 Å². The van der Waals surface area contributed by atoms with Gasteiger partial charge in [0, 0.05) is 16.1 Å². The van der Waals surface area contributed by atoms with Crippen LogP contribution < -0.4 is 14.9 Å². The van der Waals surface area contributed by atoms with Gasteiger partial charge in [0.1, 0.15) is 5.75 Å². The summed E-state index contributed by atoms with van der Waals surface area (Å²) in [6, 6.07) is 17.0. The molecule has 0 aliphatic carbocycles. The van der Waals surface area contributed by atoms with E-state index in [0.717, 1.165) is 0 Å². The minimum Gasteiger partial charge on any atom is -0.477 e. The Hall–Kier alpha value is -3.76. The molecule has 0 fully saturated rings. The van der Waals surface area contributed by atoms with Crippen LogP contribution in [0.4, 0.5) is 5.69 Å². The molecule has 0 atom stereocenters. The van der Waals surface area contributed by atoms with E-state index in [1.54, 1.807) is 42.5 Å². The molecular formula is C22H15BrClN3O6. The number of nitro groups is 1. The van der Waals surface area contributed by atoms with Gasteiger partial charge < -0.3 is 9.47 Å². The van der Waals surface area contributed by atoms with Crippen molar-refractivity contribution in [2.75, 3.05) is 6.61 Å². The highest BCUT2D eigenvalue weighted by Gasteiger charge is 2.16. The maximum absolute atomic E-state index is 12.5. The van der Waals surface area contributed by atoms with E-state index in [-0.39, 0.29) is 27.8 Å². The molecule has 1 amide bonds. The molecule has 3 aromatic rings. The molecule has 0 radical (unpaired) electrons. The van der Waals surface area contributed by atoms with Crippen molar-refractivity contribution in [1.29, 1.82) is 0 Å². The monoisotopic (exact) mass is 531 g/mol. The Bertz CT molecular complexity index is 1230. The summed E-state index contributed by atoms with van der Waals surface area (Å²) in [4.78, 5) is 34.9. The van der Waals surface area contributed by atoms with Crippen molar-refractivity contribution in [3.63, 3.8) is 0 Å². The van der Waals surface area contributed by atoms with Crippen LogP contribution in [0, 0.1) is 10.1 Å². The van der Waals surface area contributed by atoms with Crippen molar-refractivity contribution in [3.05, 3.63) is 97.5 Å². The molecule has 33 heavy (non-hydrogen) atoms. The number of nitrogens with one attached hydrogen (secondary N) is 1. The molecule has 0 aromatic heterocycles. The number of benzene rings is 3. The fourth-order valence-corrected chi connectivity index (χ4v) is 3.17. The molecule has 11 heteroatoms. The summed E-state index contributed by atoms with van der Waals surface area (Å²) in [5.41, 5.74) is 2.59. The lowest BCUT2D eigenvalue weighted by Gasteiger charge is -2.09. The number of halogens is 2. The number of hydrogen-bond donors (Lipinski definition) is 1. The predicted octanol–water partition coefficient (Wildman–Crippen LogP) is 4.76. The van der Waals surface area contributed by atoms with Crippen molar-refractivity contribution in [2.24, 2.45) is 5.10 Å². The summed E-state index contributed by atoms with van der Waals surface area (Å²) >= 11 is 9.36. The van der Waals surface area contributed by atoms with Crippen LogP contribution in [0.5, 0.6) is 11.5 Å². The summed E-state index contributed by atoms with van der Waals surface area (Å²) in [7, 11) is 0. The zero-order chi connectivity index (χ0) is 23.8. The first kappa shape index (κ1) is 23.9. The van der Waals surface area contributed by atoms with Crippen molar-refractivity contribution < 1.29 is 24.0 Å². The number of para-hydroxylation sites is 2. The van der Waals surface area contributed by atoms with Crippen molar-refractivity contribution in [1.82, 2.24) is 5.43 Å². The number of carbonyl (C=O) groups excluding carboxylic acids is 2. The number of rotatable bonds is 8. The smallest absolute Gasteiger partial charge is 0.345 e. The SMILES string of the molecule is O=C(COc1ccccc1[N+](=O)[O-])N/N=C/c1cc(Br)ccc1OC(=O)c1ccccc1Cl. The molecule has 0 aliphatic heterocycles. The number of hydrazone groups is 1. The molecule has 0 unspecified atom stereocenters. The van der Waals surface area contributed by atoms with Gasteiger partial charge in [-0.1, -0.05) is 51.8 Å². The molecule has 0 saturated heterocycles. The fraction of sp³-hybridized carbons (Fsp3) is 0.0455. The van der Waals surface area contributed by atoms with Crippen LogP contribution >= 0.6 is 27.5 Å². The second-order valence-corrected chi connectivity index (χ2v) is 7.68. The van der Waals surface area contributed by atoms with E-state index in [1.807, 2.05) is 0 Å². The average Bonchev–Trinajstić information content (AvgIpc) is 2.79. The highest BCUT2D eigenvalue weighted by molar-refractivity contribution is 9.10. The molecule has 168 valence electrons. The standard InChI is InChI=1S/C22H15BrClN3O6/c23-15-9-10-19(33-22(29)16-5-1-2-6-17(16)24)14(11-15)12-25-26-21(28)13-32-20-8-4-3-7-18(20)27(30)31/h1-12H,13H2,(H,26,28)/b25-12+. The minimum absolute atomic E-state index is 0.0395. The Labute approximate surface area is 201 Å². The number of esters is 1. The van der Waals surface area contributed by atoms with Gasteiger partial charge >= 0.3 is 11.7 Å². The van der Waals surface area contributed by atoms with E-state index in [0.29, 0.717) is 10.0 Å². The lowest BCUT2D eigenvalue weighted by Crippen LogP contribution is -2.24. The number of hydrogen-bond acceptors (Lipinski definition) is 7. The molecule has 3 rings (SSSR count). The quantitative estimate of drug-likeness (QED) is 0.147. The van der Waals surface area contributed by atoms with Crippen molar-refractivity contribution >= 4 is 51.3 Å². The number of carbonyl (C=O) groups is 2. The van der Waals surface area contributed by atoms with Crippen molar-refractivity contribution in [3.8, 4) is 11.5 Å². The number of nitro benzene ring substituents is 1. The highest BCUT2D eigenvalue weighted by Crippen LogP contribution is 2.26. The fourth-order valence-electron chi connectivity index (χ4n) is 2.57. The molecule has 0 heterocycles. The van der Waals surface area contributed by atoms with Crippen LogP contribution in [0.2, 0.25) is 5.02 Å². The first-order valence-electron chi connectivity index (χ1n) is 9.29. The first-order valence-corrected chi connectivity index (χ1v) is 10.5. The van der Waals surface area contributed by atoms with E-state index in [2.05, 4.69) is 26.5 Å². The second kappa shape index (κ2) is 11.2. The van der Waals surface area contributed by atoms with Gasteiger partial charge in [0.2, 0.25) is 0 Å². The largest absolute Gasteiger partial charge is 0.477 e. The lowest BCUT2D eigenvalue weighted by atomic mass is 10.2. The third kappa shape index (κ3) is 6.61. The van der Waals surface area contributed by atoms with E-state index in [1.165, 1.54) is 30.5 Å². The second-order valence-electron chi connectivity index (χ2n) is 6.36. The average molecular weight is 533 g/mol. The van der Waals surface area contributed by atoms with Crippen LogP contribution in [-0.2, 0) is 4.79 Å². The molecule has 9 nitrogen and oxygen atoms in total. The molecule has 1 N–H and O–H groups in total. The maximum Gasteiger partial charge on any atom is 0.345 e. The van der Waals surface area contributed by atoms with Gasteiger partial charge in [-0.25, -0.2) is 10.2 Å². The zero-order valence-electron chi connectivity index (χ0n) is 16.7. The third-order valence-corrected chi connectivity index (χ3v) is 4.90. The third-order valence-electron chi connectivity index (χ3n) is 4.08. The predicted molar refractivity (Wildman–Crippen MR) is 125 cm³/mol. The Kier molecular flexibility index (Phi) is 8.11. The summed E-state index contributed by atoms with van der Waals surface area (Å²) in [5, 5.41) is 15.1. The Morgan fingerprint density at radius 3 is 2.58 bits per heavy atom. The van der Waals surface area contributed by atoms with Crippen molar-refractivity contribution in [2.45, 2.75) is 0 Å². The van der Waals surface area contributed by atoms with Gasteiger partial charge in [-0.15, -0.1) is 0 Å². The van der Waals surface area contributed by atoms with Gasteiger partial charge in [0.05, 0.1) is 21.7 Å². The molecule has 3 aromatic carbocycles. The number of ether oxygens (including phenoxy) is 2. The van der Waals surface area contributed by atoms with Crippen LogP contribution in [0.3, 0.4) is 0 Å². The molecule has 0 aliphatic rings. The highest BCUT2D eigenvalue weighted by atomic mass is 79.9. The van der Waals surface area contributed by atoms with Gasteiger partial charge in [0.25, 0.3) is 5.91 Å². The van der Waals surface area contributed by atoms with Crippen LogP contribution in [0.1, 0.15) is 15.9 Å². The summed E-state index contributed by atoms with van der Waals surface area (Å²) in [6.45, 7) is -0.491. The van der Waals surface area contributed by atoms with Gasteiger partial charge in [-0.2, -0.15) is 5.10 Å². The van der Waals surface area contributed by atoms with Crippen LogP contribution in [-0.4, -0.2) is 29.6 Å². The number of nitrogens with zero attached hydrogens (tertiary/aromatic N) is 2. The minimum atomic E-state index is -0.653. The normalized spacial score (nSPS) is 10.6. The Morgan fingerprint density at radius 2 is 1.82 bits per heavy atom. The maximum atomic E-state index is 12.5. The van der Waals surface area contributed by atoms with E-state index in [9.17, 15) is 19.7 Å². The van der Waals surface area contributed by atoms with Crippen LogP contribution in [0.15, 0.2) is 76.3 Å². The summed E-state index contributed by atoms with van der Waals surface area (Å²) < 4.78 is 11.3. The van der Waals surface area contributed by atoms with Gasteiger partial charge in [-0.05, 0) is 36.4 Å².